The lowest BCUT2D eigenvalue weighted by molar-refractivity contribution is 0.0105. The number of aliphatic hydroxyl groups is 1. The molecule has 2 N–H and O–H groups in total. The number of pyridine rings is 1. The molecule has 0 saturated carbocycles. The van der Waals surface area contributed by atoms with Crippen LogP contribution >= 0.6 is 0 Å². The summed E-state index contributed by atoms with van der Waals surface area (Å²) in [7, 11) is 0. The van der Waals surface area contributed by atoms with Crippen molar-refractivity contribution in [2.75, 3.05) is 13.2 Å². The van der Waals surface area contributed by atoms with E-state index in [1.54, 1.807) is 12.4 Å². The Labute approximate surface area is 86.3 Å². The molecule has 0 radical (unpaired) electrons. The zero-order valence-electron chi connectivity index (χ0n) is 7.93. The Kier molecular flexibility index (Phi) is 1.87. The lowest BCUT2D eigenvalue weighted by atomic mass is 10.0. The maximum Gasteiger partial charge on any atom is 0.147 e. The topological polar surface area (TPSA) is 63.6 Å². The van der Waals surface area contributed by atoms with Gasteiger partial charge in [-0.1, -0.05) is 0 Å². The lowest BCUT2D eigenvalue weighted by Gasteiger charge is -2.18. The van der Waals surface area contributed by atoms with Crippen molar-refractivity contribution in [3.8, 4) is 5.75 Å². The Morgan fingerprint density at radius 3 is 3.40 bits per heavy atom. The molecule has 0 amide bonds. The van der Waals surface area contributed by atoms with Crippen LogP contribution in [-0.4, -0.2) is 29.4 Å². The average Bonchev–Trinajstić information content (AvgIpc) is 2.72. The minimum Gasteiger partial charge on any atom is -0.487 e. The minimum absolute atomic E-state index is 0.0460. The fourth-order valence-corrected chi connectivity index (χ4v) is 1.83. The molecule has 1 aromatic rings. The SMILES string of the molecule is OCC1ONC2=C1COc1cnccc12. The number of hydrogen-bond donors (Lipinski definition) is 2. The summed E-state index contributed by atoms with van der Waals surface area (Å²) in [6, 6.07) is 1.86. The van der Waals surface area contributed by atoms with Crippen LogP contribution in [0.2, 0.25) is 0 Å². The molecule has 2 aliphatic rings. The van der Waals surface area contributed by atoms with Gasteiger partial charge in [-0.25, -0.2) is 0 Å². The predicted octanol–water partition coefficient (Wildman–Crippen LogP) is 0.0808. The number of hydroxylamine groups is 1. The maximum atomic E-state index is 9.09. The number of nitrogens with zero attached hydrogens (tertiary/aromatic N) is 1. The van der Waals surface area contributed by atoms with Gasteiger partial charge in [-0.2, -0.15) is 0 Å². The number of fused-ring (bicyclic) bond motifs is 2. The molecule has 0 aromatic carbocycles. The molecule has 5 nitrogen and oxygen atoms in total. The Bertz CT molecular complexity index is 430. The molecular formula is C10H10N2O3. The summed E-state index contributed by atoms with van der Waals surface area (Å²) >= 11 is 0. The first-order valence-corrected chi connectivity index (χ1v) is 4.73. The van der Waals surface area contributed by atoms with E-state index in [2.05, 4.69) is 10.5 Å². The van der Waals surface area contributed by atoms with Crippen LogP contribution in [0.25, 0.3) is 5.70 Å². The lowest BCUT2D eigenvalue weighted by Crippen LogP contribution is -2.21. The highest BCUT2D eigenvalue weighted by Crippen LogP contribution is 2.35. The normalized spacial score (nSPS) is 22.9. The number of ether oxygens (including phenoxy) is 1. The molecule has 0 aliphatic carbocycles. The smallest absolute Gasteiger partial charge is 0.147 e. The van der Waals surface area contributed by atoms with Crippen molar-refractivity contribution in [3.05, 3.63) is 29.6 Å². The van der Waals surface area contributed by atoms with E-state index in [0.29, 0.717) is 6.61 Å². The van der Waals surface area contributed by atoms with Crippen LogP contribution in [0.4, 0.5) is 0 Å². The van der Waals surface area contributed by atoms with Gasteiger partial charge in [-0.3, -0.25) is 15.3 Å². The summed E-state index contributed by atoms with van der Waals surface area (Å²) in [5.74, 6) is 0.742. The van der Waals surface area contributed by atoms with Crippen LogP contribution in [0, 0.1) is 0 Å². The molecule has 1 atom stereocenters. The summed E-state index contributed by atoms with van der Waals surface area (Å²) in [5.41, 5.74) is 5.62. The largest absolute Gasteiger partial charge is 0.487 e. The van der Waals surface area contributed by atoms with Gasteiger partial charge in [-0.15, -0.1) is 0 Å². The Morgan fingerprint density at radius 1 is 1.60 bits per heavy atom. The van der Waals surface area contributed by atoms with Crippen molar-refractivity contribution in [3.63, 3.8) is 0 Å². The molecule has 3 rings (SSSR count). The summed E-state index contributed by atoms with van der Waals surface area (Å²) in [5, 5.41) is 9.09. The second kappa shape index (κ2) is 3.22. The van der Waals surface area contributed by atoms with E-state index < -0.39 is 0 Å². The second-order valence-corrected chi connectivity index (χ2v) is 3.45. The highest BCUT2D eigenvalue weighted by Gasteiger charge is 2.32. The predicted molar refractivity (Wildman–Crippen MR) is 51.7 cm³/mol. The molecule has 15 heavy (non-hydrogen) atoms. The van der Waals surface area contributed by atoms with Crippen LogP contribution in [0.1, 0.15) is 5.56 Å². The number of rotatable bonds is 1. The van der Waals surface area contributed by atoms with E-state index in [9.17, 15) is 0 Å². The Morgan fingerprint density at radius 2 is 2.53 bits per heavy atom. The fraction of sp³-hybridized carbons (Fsp3) is 0.300. The number of hydrogen-bond acceptors (Lipinski definition) is 5. The molecule has 1 aromatic heterocycles. The van der Waals surface area contributed by atoms with Gasteiger partial charge >= 0.3 is 0 Å². The van der Waals surface area contributed by atoms with Crippen LogP contribution < -0.4 is 10.2 Å². The number of nitrogens with one attached hydrogen (secondary N) is 1. The highest BCUT2D eigenvalue weighted by molar-refractivity contribution is 5.74. The zero-order valence-corrected chi connectivity index (χ0v) is 7.93. The zero-order chi connectivity index (χ0) is 10.3. The molecule has 1 unspecified atom stereocenters. The molecule has 78 valence electrons. The van der Waals surface area contributed by atoms with Gasteiger partial charge in [-0.05, 0) is 6.07 Å². The molecule has 0 spiro atoms. The van der Waals surface area contributed by atoms with Crippen molar-refractivity contribution in [1.29, 1.82) is 0 Å². The van der Waals surface area contributed by atoms with Crippen LogP contribution in [0.5, 0.6) is 5.75 Å². The number of aliphatic hydroxyl groups excluding tert-OH is 1. The monoisotopic (exact) mass is 206 g/mol. The van der Waals surface area contributed by atoms with Crippen molar-refractivity contribution < 1.29 is 14.7 Å². The van der Waals surface area contributed by atoms with E-state index in [-0.39, 0.29) is 12.7 Å². The van der Waals surface area contributed by atoms with Crippen LogP contribution in [-0.2, 0) is 4.84 Å². The van der Waals surface area contributed by atoms with E-state index >= 15 is 0 Å². The molecule has 0 bridgehead atoms. The van der Waals surface area contributed by atoms with Gasteiger partial charge in [0, 0.05) is 17.3 Å². The molecule has 2 aliphatic heterocycles. The first-order chi connectivity index (χ1) is 7.40. The van der Waals surface area contributed by atoms with E-state index in [0.717, 1.165) is 22.6 Å². The molecular weight excluding hydrogens is 196 g/mol. The van der Waals surface area contributed by atoms with Gasteiger partial charge in [0.05, 0.1) is 18.5 Å². The van der Waals surface area contributed by atoms with Gasteiger partial charge in [0.15, 0.2) is 0 Å². The van der Waals surface area contributed by atoms with Gasteiger partial charge in [0.25, 0.3) is 0 Å². The first-order valence-electron chi connectivity index (χ1n) is 4.73. The Hall–Kier alpha value is -1.59. The highest BCUT2D eigenvalue weighted by atomic mass is 16.7. The van der Waals surface area contributed by atoms with Crippen molar-refractivity contribution in [1.82, 2.24) is 10.5 Å². The van der Waals surface area contributed by atoms with Crippen molar-refractivity contribution in [2.24, 2.45) is 0 Å². The van der Waals surface area contributed by atoms with Crippen molar-refractivity contribution >= 4 is 5.70 Å². The summed E-state index contributed by atoms with van der Waals surface area (Å²) in [6.45, 7) is 0.391. The summed E-state index contributed by atoms with van der Waals surface area (Å²) in [4.78, 5) is 9.22. The second-order valence-electron chi connectivity index (χ2n) is 3.45. The van der Waals surface area contributed by atoms with Crippen LogP contribution in [0.15, 0.2) is 24.0 Å². The molecule has 0 saturated heterocycles. The summed E-state index contributed by atoms with van der Waals surface area (Å²) < 4.78 is 5.52. The molecule has 0 fully saturated rings. The third-order valence-electron chi connectivity index (χ3n) is 2.62. The summed E-state index contributed by atoms with van der Waals surface area (Å²) in [6.07, 6.45) is 3.07. The standard InChI is InChI=1S/C10H10N2O3/c13-4-9-7-5-14-8-3-11-2-1-6(8)10(7)12-15-9/h1-3,9,12-13H,4-5H2. The number of aromatic nitrogens is 1. The van der Waals surface area contributed by atoms with Gasteiger partial charge in [0.1, 0.15) is 18.5 Å². The Balaban J connectivity index is 2.09. The van der Waals surface area contributed by atoms with Gasteiger partial charge < -0.3 is 9.84 Å². The minimum atomic E-state index is -0.304. The van der Waals surface area contributed by atoms with Crippen molar-refractivity contribution in [2.45, 2.75) is 6.10 Å². The van der Waals surface area contributed by atoms with E-state index in [4.69, 9.17) is 14.7 Å². The molecule has 3 heterocycles. The molecule has 5 heteroatoms. The third kappa shape index (κ3) is 1.20. The first kappa shape index (κ1) is 8.70. The fourth-order valence-electron chi connectivity index (χ4n) is 1.83. The quantitative estimate of drug-likeness (QED) is 0.681. The average molecular weight is 206 g/mol. The van der Waals surface area contributed by atoms with E-state index in [1.807, 2.05) is 6.07 Å². The van der Waals surface area contributed by atoms with E-state index in [1.165, 1.54) is 0 Å². The van der Waals surface area contributed by atoms with Gasteiger partial charge in [0.2, 0.25) is 0 Å². The maximum absolute atomic E-state index is 9.09. The van der Waals surface area contributed by atoms with Crippen LogP contribution in [0.3, 0.4) is 0 Å². The third-order valence-corrected chi connectivity index (χ3v) is 2.62.